The molecule has 1 atom stereocenters. The minimum absolute atomic E-state index is 0.0932. The summed E-state index contributed by atoms with van der Waals surface area (Å²) < 4.78 is 11.2. The lowest BCUT2D eigenvalue weighted by Gasteiger charge is -2.29. The fourth-order valence-corrected chi connectivity index (χ4v) is 5.30. The van der Waals surface area contributed by atoms with E-state index in [1.54, 1.807) is 6.92 Å². The quantitative estimate of drug-likeness (QED) is 0.446. The summed E-state index contributed by atoms with van der Waals surface area (Å²) in [7, 11) is -2.46. The van der Waals surface area contributed by atoms with Crippen molar-refractivity contribution in [1.29, 1.82) is 0 Å². The summed E-state index contributed by atoms with van der Waals surface area (Å²) in [5.41, 5.74) is 0.306. The standard InChI is InChI=1S/C20H24O4Si/c1-16(2)20(22)23-14-17(21)15-24-25(3,18-10-6-4-7-11-18)19-12-8-5-9-13-19/h4-13,17,21H,1,14-15H2,2-3H3. The number of hydrogen-bond acceptors (Lipinski definition) is 4. The van der Waals surface area contributed by atoms with Crippen LogP contribution in [0.4, 0.5) is 0 Å². The normalized spacial score (nSPS) is 12.4. The molecule has 0 radical (unpaired) electrons. The largest absolute Gasteiger partial charge is 0.460 e. The van der Waals surface area contributed by atoms with Crippen molar-refractivity contribution in [2.24, 2.45) is 0 Å². The molecule has 0 heterocycles. The predicted octanol–water partition coefficient (Wildman–Crippen LogP) is 1.87. The first-order valence-corrected chi connectivity index (χ1v) is 10.6. The Kier molecular flexibility index (Phi) is 6.70. The molecule has 2 aromatic carbocycles. The Morgan fingerprint density at radius 3 is 1.96 bits per heavy atom. The van der Waals surface area contributed by atoms with E-state index in [1.165, 1.54) is 0 Å². The zero-order valence-electron chi connectivity index (χ0n) is 14.6. The Bertz CT molecular complexity index is 661. The SMILES string of the molecule is C=C(C)C(=O)OCC(O)CO[Si](C)(c1ccccc1)c1ccccc1. The highest BCUT2D eigenvalue weighted by Gasteiger charge is 2.34. The van der Waals surface area contributed by atoms with Crippen LogP contribution in [0.1, 0.15) is 6.92 Å². The maximum Gasteiger partial charge on any atom is 0.333 e. The fraction of sp³-hybridized carbons (Fsp3) is 0.250. The van der Waals surface area contributed by atoms with Crippen molar-refractivity contribution in [3.05, 3.63) is 72.8 Å². The minimum atomic E-state index is -2.46. The number of hydrogen-bond donors (Lipinski definition) is 1. The Labute approximate surface area is 149 Å². The van der Waals surface area contributed by atoms with Crippen LogP contribution in [-0.2, 0) is 14.0 Å². The summed E-state index contributed by atoms with van der Waals surface area (Å²) in [4.78, 5) is 11.4. The van der Waals surface area contributed by atoms with Crippen LogP contribution in [0.25, 0.3) is 0 Å². The van der Waals surface area contributed by atoms with E-state index < -0.39 is 20.4 Å². The van der Waals surface area contributed by atoms with Crippen LogP contribution in [0.3, 0.4) is 0 Å². The van der Waals surface area contributed by atoms with Crippen LogP contribution in [0.2, 0.25) is 6.55 Å². The summed E-state index contributed by atoms with van der Waals surface area (Å²) in [6.07, 6.45) is -0.887. The Morgan fingerprint density at radius 1 is 1.04 bits per heavy atom. The molecule has 0 saturated heterocycles. The number of carbonyl (C=O) groups is 1. The third kappa shape index (κ3) is 5.13. The number of ether oxygens (including phenoxy) is 1. The second-order valence-electron chi connectivity index (χ2n) is 6.11. The van der Waals surface area contributed by atoms with Crippen molar-refractivity contribution in [3.8, 4) is 0 Å². The van der Waals surface area contributed by atoms with Gasteiger partial charge in [-0.2, -0.15) is 0 Å². The van der Waals surface area contributed by atoms with E-state index >= 15 is 0 Å². The molecular formula is C20H24O4Si. The average Bonchev–Trinajstić information content (AvgIpc) is 2.65. The molecule has 132 valence electrons. The first-order chi connectivity index (χ1) is 11.9. The molecule has 0 spiro atoms. The van der Waals surface area contributed by atoms with Crippen LogP contribution in [-0.4, -0.2) is 38.7 Å². The number of aliphatic hydroxyl groups is 1. The number of benzene rings is 2. The lowest BCUT2D eigenvalue weighted by molar-refractivity contribution is -0.142. The molecule has 0 aliphatic carbocycles. The topological polar surface area (TPSA) is 55.8 Å². The highest BCUT2D eigenvalue weighted by atomic mass is 28.4. The van der Waals surface area contributed by atoms with Gasteiger partial charge in [0.05, 0.1) is 6.61 Å². The van der Waals surface area contributed by atoms with Crippen LogP contribution >= 0.6 is 0 Å². The van der Waals surface area contributed by atoms with Crippen LogP contribution in [0.15, 0.2) is 72.8 Å². The van der Waals surface area contributed by atoms with Gasteiger partial charge in [-0.25, -0.2) is 4.79 Å². The molecule has 25 heavy (non-hydrogen) atoms. The van der Waals surface area contributed by atoms with Crippen LogP contribution in [0, 0.1) is 0 Å². The lowest BCUT2D eigenvalue weighted by Crippen LogP contribution is -2.59. The van der Waals surface area contributed by atoms with Gasteiger partial charge in [0.15, 0.2) is 0 Å². The monoisotopic (exact) mass is 356 g/mol. The Balaban J connectivity index is 2.10. The van der Waals surface area contributed by atoms with E-state index in [0.717, 1.165) is 10.4 Å². The molecule has 0 aromatic heterocycles. The van der Waals surface area contributed by atoms with E-state index in [0.29, 0.717) is 5.57 Å². The molecule has 0 aliphatic rings. The first kappa shape index (κ1) is 19.1. The van der Waals surface area contributed by atoms with Gasteiger partial charge in [-0.3, -0.25) is 0 Å². The summed E-state index contributed by atoms with van der Waals surface area (Å²) in [5.74, 6) is -0.509. The first-order valence-electron chi connectivity index (χ1n) is 8.19. The maximum atomic E-state index is 11.4. The molecule has 4 nitrogen and oxygen atoms in total. The number of esters is 1. The molecule has 2 rings (SSSR count). The Morgan fingerprint density at radius 2 is 1.52 bits per heavy atom. The molecule has 0 aliphatic heterocycles. The minimum Gasteiger partial charge on any atom is -0.460 e. The van der Waals surface area contributed by atoms with Crippen molar-refractivity contribution in [3.63, 3.8) is 0 Å². The second-order valence-corrected chi connectivity index (χ2v) is 9.62. The summed E-state index contributed by atoms with van der Waals surface area (Å²) in [6.45, 7) is 7.17. The van der Waals surface area contributed by atoms with Crippen molar-refractivity contribution in [2.75, 3.05) is 13.2 Å². The van der Waals surface area contributed by atoms with Crippen LogP contribution in [0.5, 0.6) is 0 Å². The van der Waals surface area contributed by atoms with E-state index in [4.69, 9.17) is 9.16 Å². The van der Waals surface area contributed by atoms with Gasteiger partial charge in [-0.15, -0.1) is 0 Å². The number of aliphatic hydroxyl groups excluding tert-OH is 1. The molecule has 0 saturated carbocycles. The molecule has 2 aromatic rings. The van der Waals surface area contributed by atoms with Gasteiger partial charge in [-0.05, 0) is 23.8 Å². The van der Waals surface area contributed by atoms with E-state index in [2.05, 4.69) is 13.1 Å². The van der Waals surface area contributed by atoms with Gasteiger partial charge in [-0.1, -0.05) is 67.2 Å². The van der Waals surface area contributed by atoms with E-state index in [9.17, 15) is 9.90 Å². The van der Waals surface area contributed by atoms with Gasteiger partial charge in [0, 0.05) is 5.57 Å². The zero-order chi connectivity index (χ0) is 18.3. The Hall–Kier alpha value is -2.21. The smallest absolute Gasteiger partial charge is 0.333 e. The second kappa shape index (κ2) is 8.76. The van der Waals surface area contributed by atoms with Crippen molar-refractivity contribution in [2.45, 2.75) is 19.6 Å². The summed E-state index contributed by atoms with van der Waals surface area (Å²) in [5, 5.41) is 12.4. The van der Waals surface area contributed by atoms with Gasteiger partial charge < -0.3 is 14.3 Å². The van der Waals surface area contributed by atoms with E-state index in [-0.39, 0.29) is 13.2 Å². The average molecular weight is 356 g/mol. The molecule has 1 N–H and O–H groups in total. The number of rotatable bonds is 8. The molecule has 1 unspecified atom stereocenters. The van der Waals surface area contributed by atoms with Crippen LogP contribution < -0.4 is 10.4 Å². The molecule has 0 fully saturated rings. The lowest BCUT2D eigenvalue weighted by atomic mass is 10.3. The van der Waals surface area contributed by atoms with Gasteiger partial charge in [0.2, 0.25) is 0 Å². The molecule has 0 bridgehead atoms. The van der Waals surface area contributed by atoms with Gasteiger partial charge in [0.1, 0.15) is 12.7 Å². The molecular weight excluding hydrogens is 332 g/mol. The number of carbonyl (C=O) groups excluding carboxylic acids is 1. The molecule has 0 amide bonds. The zero-order valence-corrected chi connectivity index (χ0v) is 15.6. The third-order valence-corrected chi connectivity index (χ3v) is 7.58. The van der Waals surface area contributed by atoms with Gasteiger partial charge in [0.25, 0.3) is 8.32 Å². The summed E-state index contributed by atoms with van der Waals surface area (Å²) in [6, 6.07) is 20.1. The van der Waals surface area contributed by atoms with E-state index in [1.807, 2.05) is 60.7 Å². The maximum absolute atomic E-state index is 11.4. The fourth-order valence-electron chi connectivity index (χ4n) is 2.45. The summed E-state index contributed by atoms with van der Waals surface area (Å²) >= 11 is 0. The highest BCUT2D eigenvalue weighted by Crippen LogP contribution is 2.09. The van der Waals surface area contributed by atoms with Crippen molar-refractivity contribution >= 4 is 24.7 Å². The van der Waals surface area contributed by atoms with Crippen molar-refractivity contribution in [1.82, 2.24) is 0 Å². The third-order valence-electron chi connectivity index (χ3n) is 3.97. The molecule has 5 heteroatoms. The highest BCUT2D eigenvalue weighted by molar-refractivity contribution is 6.96. The van der Waals surface area contributed by atoms with Crippen molar-refractivity contribution < 1.29 is 19.1 Å². The predicted molar refractivity (Wildman–Crippen MR) is 102 cm³/mol. The van der Waals surface area contributed by atoms with Gasteiger partial charge >= 0.3 is 5.97 Å².